The minimum absolute atomic E-state index is 0.363. The summed E-state index contributed by atoms with van der Waals surface area (Å²) in [6.07, 6.45) is 6.52. The zero-order valence-corrected chi connectivity index (χ0v) is 11.6. The summed E-state index contributed by atoms with van der Waals surface area (Å²) in [7, 11) is 0. The number of oxazole rings is 1. The van der Waals surface area contributed by atoms with Gasteiger partial charge in [-0.3, -0.25) is 4.90 Å². The lowest BCUT2D eigenvalue weighted by molar-refractivity contribution is 0.197. The molecule has 0 bridgehead atoms. The van der Waals surface area contributed by atoms with Gasteiger partial charge in [-0.05, 0) is 32.7 Å². The Bertz CT molecular complexity index is 592. The molecular weight excluding hydrogens is 256 g/mol. The van der Waals surface area contributed by atoms with Crippen LogP contribution >= 0.6 is 0 Å². The van der Waals surface area contributed by atoms with Gasteiger partial charge in [-0.1, -0.05) is 11.6 Å². The Morgan fingerprint density at radius 3 is 3.10 bits per heavy atom. The predicted molar refractivity (Wildman–Crippen MR) is 71.1 cm³/mol. The number of fused-ring (bicyclic) bond motifs is 1. The third-order valence-electron chi connectivity index (χ3n) is 4.50. The fraction of sp³-hybridized carbons (Fsp3) is 0.643. The molecule has 0 N–H and O–H groups in total. The molecule has 2 aromatic heterocycles. The zero-order valence-electron chi connectivity index (χ0n) is 11.6. The molecule has 4 rings (SSSR count). The Labute approximate surface area is 117 Å². The summed E-state index contributed by atoms with van der Waals surface area (Å²) >= 11 is 0. The van der Waals surface area contributed by atoms with Crippen LogP contribution < -0.4 is 0 Å². The number of nitrogens with zero attached hydrogens (tertiary/aromatic N) is 4. The SMILES string of the molecule is Cc1ncoc1-c1noc(C2CC3CCCCN3C2)n1. The van der Waals surface area contributed by atoms with Gasteiger partial charge in [0.2, 0.25) is 11.7 Å². The van der Waals surface area contributed by atoms with E-state index in [2.05, 4.69) is 20.0 Å². The van der Waals surface area contributed by atoms with Crippen molar-refractivity contribution in [3.05, 3.63) is 18.0 Å². The Morgan fingerprint density at radius 1 is 1.35 bits per heavy atom. The Kier molecular flexibility index (Phi) is 2.84. The first-order chi connectivity index (χ1) is 9.81. The molecule has 6 heteroatoms. The van der Waals surface area contributed by atoms with Crippen molar-refractivity contribution in [1.82, 2.24) is 20.0 Å². The molecule has 106 valence electrons. The average molecular weight is 274 g/mol. The van der Waals surface area contributed by atoms with Crippen molar-refractivity contribution in [3.8, 4) is 11.6 Å². The molecule has 0 spiro atoms. The largest absolute Gasteiger partial charge is 0.440 e. The number of hydrogen-bond acceptors (Lipinski definition) is 6. The lowest BCUT2D eigenvalue weighted by Gasteiger charge is -2.28. The first kappa shape index (κ1) is 12.1. The van der Waals surface area contributed by atoms with E-state index in [9.17, 15) is 0 Å². The maximum Gasteiger partial charge on any atom is 0.240 e. The molecule has 6 nitrogen and oxygen atoms in total. The van der Waals surface area contributed by atoms with Crippen LogP contribution in [0.2, 0.25) is 0 Å². The molecule has 4 heterocycles. The summed E-state index contributed by atoms with van der Waals surface area (Å²) in [6, 6.07) is 0.705. The maximum atomic E-state index is 5.46. The van der Waals surface area contributed by atoms with Crippen LogP contribution in [0.1, 0.15) is 43.2 Å². The number of piperidine rings is 1. The summed E-state index contributed by atoms with van der Waals surface area (Å²) in [4.78, 5) is 11.1. The standard InChI is InChI=1S/C14H18N4O2/c1-9-12(19-8-15-9)13-16-14(20-17-13)10-6-11-4-2-3-5-18(11)7-10/h8,10-11H,2-7H2,1H3. The average Bonchev–Trinajstić information content (AvgIpc) is 3.15. The lowest BCUT2D eigenvalue weighted by atomic mass is 10.00. The Morgan fingerprint density at radius 2 is 2.30 bits per heavy atom. The van der Waals surface area contributed by atoms with E-state index in [1.165, 1.54) is 32.2 Å². The fourth-order valence-corrected chi connectivity index (χ4v) is 3.44. The smallest absolute Gasteiger partial charge is 0.240 e. The quantitative estimate of drug-likeness (QED) is 0.837. The molecule has 0 aliphatic carbocycles. The molecule has 2 aliphatic rings. The molecule has 0 radical (unpaired) electrons. The van der Waals surface area contributed by atoms with Gasteiger partial charge in [0.05, 0.1) is 11.6 Å². The topological polar surface area (TPSA) is 68.2 Å². The number of aryl methyl sites for hydroxylation is 1. The van der Waals surface area contributed by atoms with Gasteiger partial charge in [0.25, 0.3) is 0 Å². The van der Waals surface area contributed by atoms with E-state index in [0.29, 0.717) is 23.5 Å². The number of aromatic nitrogens is 3. The first-order valence-corrected chi connectivity index (χ1v) is 7.29. The molecule has 2 aliphatic heterocycles. The molecular formula is C14H18N4O2. The third kappa shape index (κ3) is 1.95. The third-order valence-corrected chi connectivity index (χ3v) is 4.50. The fourth-order valence-electron chi connectivity index (χ4n) is 3.44. The minimum Gasteiger partial charge on any atom is -0.440 e. The highest BCUT2D eigenvalue weighted by Gasteiger charge is 2.37. The van der Waals surface area contributed by atoms with Gasteiger partial charge in [0, 0.05) is 12.6 Å². The van der Waals surface area contributed by atoms with E-state index < -0.39 is 0 Å². The van der Waals surface area contributed by atoms with Crippen molar-refractivity contribution in [3.63, 3.8) is 0 Å². The normalized spacial score (nSPS) is 26.9. The van der Waals surface area contributed by atoms with Gasteiger partial charge in [0.1, 0.15) is 0 Å². The second-order valence-corrected chi connectivity index (χ2v) is 5.80. The second kappa shape index (κ2) is 4.70. The van der Waals surface area contributed by atoms with Crippen molar-refractivity contribution in [1.29, 1.82) is 0 Å². The molecule has 2 atom stereocenters. The van der Waals surface area contributed by atoms with Crippen molar-refractivity contribution >= 4 is 0 Å². The van der Waals surface area contributed by atoms with E-state index in [1.807, 2.05) is 6.92 Å². The van der Waals surface area contributed by atoms with E-state index >= 15 is 0 Å². The van der Waals surface area contributed by atoms with E-state index in [1.54, 1.807) is 0 Å². The van der Waals surface area contributed by atoms with Crippen molar-refractivity contribution < 1.29 is 8.94 Å². The monoisotopic (exact) mass is 274 g/mol. The van der Waals surface area contributed by atoms with Gasteiger partial charge < -0.3 is 8.94 Å². The van der Waals surface area contributed by atoms with Crippen LogP contribution in [0.5, 0.6) is 0 Å². The van der Waals surface area contributed by atoms with Crippen LogP contribution in [0.25, 0.3) is 11.6 Å². The minimum atomic E-state index is 0.363. The van der Waals surface area contributed by atoms with Crippen LogP contribution in [0.15, 0.2) is 15.3 Å². The highest BCUT2D eigenvalue weighted by molar-refractivity contribution is 5.48. The molecule has 20 heavy (non-hydrogen) atoms. The van der Waals surface area contributed by atoms with Crippen molar-refractivity contribution in [2.24, 2.45) is 0 Å². The summed E-state index contributed by atoms with van der Waals surface area (Å²) in [5.74, 6) is 2.23. The molecule has 2 unspecified atom stereocenters. The zero-order chi connectivity index (χ0) is 13.5. The molecule has 0 saturated carbocycles. The Hall–Kier alpha value is -1.69. The molecule has 2 aromatic rings. The van der Waals surface area contributed by atoms with Gasteiger partial charge in [0.15, 0.2) is 12.2 Å². The maximum absolute atomic E-state index is 5.46. The number of hydrogen-bond donors (Lipinski definition) is 0. The van der Waals surface area contributed by atoms with Gasteiger partial charge in [-0.2, -0.15) is 4.98 Å². The highest BCUT2D eigenvalue weighted by Crippen LogP contribution is 2.36. The Balaban J connectivity index is 1.55. The van der Waals surface area contributed by atoms with Gasteiger partial charge in [-0.15, -0.1) is 0 Å². The van der Waals surface area contributed by atoms with Gasteiger partial charge >= 0.3 is 0 Å². The summed E-state index contributed by atoms with van der Waals surface area (Å²) in [6.45, 7) is 4.13. The predicted octanol–water partition coefficient (Wildman–Crippen LogP) is 2.37. The first-order valence-electron chi connectivity index (χ1n) is 7.29. The van der Waals surface area contributed by atoms with Crippen molar-refractivity contribution in [2.75, 3.05) is 13.1 Å². The van der Waals surface area contributed by atoms with Crippen molar-refractivity contribution in [2.45, 2.75) is 44.6 Å². The van der Waals surface area contributed by atoms with Crippen LogP contribution in [0.3, 0.4) is 0 Å². The van der Waals surface area contributed by atoms with Crippen LogP contribution in [-0.4, -0.2) is 39.2 Å². The number of rotatable bonds is 2. The summed E-state index contributed by atoms with van der Waals surface area (Å²) < 4.78 is 10.8. The second-order valence-electron chi connectivity index (χ2n) is 5.80. The van der Waals surface area contributed by atoms with E-state index in [4.69, 9.17) is 8.94 Å². The van der Waals surface area contributed by atoms with Crippen LogP contribution in [-0.2, 0) is 0 Å². The van der Waals surface area contributed by atoms with Crippen LogP contribution in [0.4, 0.5) is 0 Å². The lowest BCUT2D eigenvalue weighted by Crippen LogP contribution is -2.33. The van der Waals surface area contributed by atoms with E-state index in [-0.39, 0.29) is 0 Å². The summed E-state index contributed by atoms with van der Waals surface area (Å²) in [5.41, 5.74) is 0.793. The summed E-state index contributed by atoms with van der Waals surface area (Å²) in [5, 5.41) is 4.04. The van der Waals surface area contributed by atoms with E-state index in [0.717, 1.165) is 24.6 Å². The molecule has 0 aromatic carbocycles. The van der Waals surface area contributed by atoms with Gasteiger partial charge in [-0.25, -0.2) is 4.98 Å². The molecule has 2 fully saturated rings. The highest BCUT2D eigenvalue weighted by atomic mass is 16.5. The van der Waals surface area contributed by atoms with Crippen LogP contribution in [0, 0.1) is 6.92 Å². The molecule has 0 amide bonds. The molecule has 2 saturated heterocycles.